The SMILES string of the molecule is CCCCCCCCCCCCCCCCC1=NCCN1CC(O)CCCCCCCCCCCCCCCC. The predicted octanol–water partition coefficient (Wildman–Crippen LogP) is 11.8. The summed E-state index contributed by atoms with van der Waals surface area (Å²) in [6, 6.07) is 0. The van der Waals surface area contributed by atoms with Crippen molar-refractivity contribution in [1.29, 1.82) is 0 Å². The molecule has 1 unspecified atom stereocenters. The summed E-state index contributed by atoms with van der Waals surface area (Å²) >= 11 is 0. The van der Waals surface area contributed by atoms with Crippen LogP contribution in [0.4, 0.5) is 0 Å². The summed E-state index contributed by atoms with van der Waals surface area (Å²) in [5, 5.41) is 10.6. The van der Waals surface area contributed by atoms with Crippen LogP contribution in [0.5, 0.6) is 0 Å². The van der Waals surface area contributed by atoms with Crippen molar-refractivity contribution in [1.82, 2.24) is 4.90 Å². The molecular weight excluding hydrogens is 488 g/mol. The molecule has 1 aliphatic heterocycles. The summed E-state index contributed by atoms with van der Waals surface area (Å²) in [5.41, 5.74) is 0. The Bertz CT molecular complexity index is 534. The average Bonchev–Trinajstić information content (AvgIpc) is 3.39. The van der Waals surface area contributed by atoms with Gasteiger partial charge in [-0.2, -0.15) is 0 Å². The molecule has 0 amide bonds. The lowest BCUT2D eigenvalue weighted by Crippen LogP contribution is -2.35. The van der Waals surface area contributed by atoms with Crippen LogP contribution in [0, 0.1) is 0 Å². The van der Waals surface area contributed by atoms with Gasteiger partial charge < -0.3 is 10.0 Å². The van der Waals surface area contributed by atoms with E-state index in [2.05, 4.69) is 18.7 Å². The number of nitrogens with zero attached hydrogens (tertiary/aromatic N) is 2. The van der Waals surface area contributed by atoms with Gasteiger partial charge in [0.2, 0.25) is 0 Å². The Morgan fingerprint density at radius 1 is 0.525 bits per heavy atom. The highest BCUT2D eigenvalue weighted by Crippen LogP contribution is 2.17. The maximum Gasteiger partial charge on any atom is 0.0991 e. The first-order chi connectivity index (χ1) is 19.8. The third-order valence-electron chi connectivity index (χ3n) is 9.11. The maximum absolute atomic E-state index is 10.6. The van der Waals surface area contributed by atoms with Gasteiger partial charge in [0.15, 0.2) is 0 Å². The quantitative estimate of drug-likeness (QED) is 0.0827. The summed E-state index contributed by atoms with van der Waals surface area (Å²) in [4.78, 5) is 7.16. The second-order valence-corrected chi connectivity index (χ2v) is 13.1. The standard InChI is InChI=1S/C37H74N2O/c1-3-5-7-9-11-13-15-17-19-21-23-25-27-29-31-36(40)35-39-34-33-38-37(39)32-30-28-26-24-22-20-18-16-14-12-10-8-6-4-2/h36,40H,3-35H2,1-2H3. The van der Waals surface area contributed by atoms with Crippen molar-refractivity contribution < 1.29 is 5.11 Å². The third kappa shape index (κ3) is 24.1. The van der Waals surface area contributed by atoms with Crippen LogP contribution < -0.4 is 0 Å². The van der Waals surface area contributed by atoms with E-state index in [0.717, 1.165) is 32.5 Å². The fraction of sp³-hybridized carbons (Fsp3) is 0.973. The minimum absolute atomic E-state index is 0.183. The van der Waals surface area contributed by atoms with E-state index in [-0.39, 0.29) is 6.10 Å². The molecule has 1 rings (SSSR count). The number of rotatable bonds is 32. The number of hydrogen-bond acceptors (Lipinski definition) is 3. The Kier molecular flexibility index (Phi) is 28.0. The number of aliphatic imine (C=N–C) groups is 1. The normalized spacial score (nSPS) is 14.3. The summed E-state index contributed by atoms with van der Waals surface area (Å²) < 4.78 is 0. The molecule has 40 heavy (non-hydrogen) atoms. The molecular formula is C37H74N2O. The molecule has 0 aliphatic carbocycles. The number of β-amino-alcohol motifs (C(OH)–C–C–N with tert-alkyl or cyclic N) is 1. The summed E-state index contributed by atoms with van der Waals surface area (Å²) in [7, 11) is 0. The Balaban J connectivity index is 1.87. The van der Waals surface area contributed by atoms with Crippen LogP contribution in [-0.2, 0) is 0 Å². The molecule has 0 fully saturated rings. The molecule has 3 heteroatoms. The fourth-order valence-corrected chi connectivity index (χ4v) is 6.36. The van der Waals surface area contributed by atoms with Crippen LogP contribution in [0.1, 0.15) is 206 Å². The summed E-state index contributed by atoms with van der Waals surface area (Å²) in [6.45, 7) is 7.34. The van der Waals surface area contributed by atoms with Crippen molar-refractivity contribution >= 4 is 5.84 Å². The van der Waals surface area contributed by atoms with Crippen molar-refractivity contribution in [2.24, 2.45) is 4.99 Å². The van der Waals surface area contributed by atoms with Gasteiger partial charge in [0, 0.05) is 19.5 Å². The smallest absolute Gasteiger partial charge is 0.0991 e. The van der Waals surface area contributed by atoms with E-state index in [9.17, 15) is 5.11 Å². The van der Waals surface area contributed by atoms with Gasteiger partial charge in [-0.3, -0.25) is 4.99 Å². The van der Waals surface area contributed by atoms with Gasteiger partial charge in [-0.1, -0.05) is 187 Å². The van der Waals surface area contributed by atoms with Crippen molar-refractivity contribution in [3.05, 3.63) is 0 Å². The van der Waals surface area contributed by atoms with Gasteiger partial charge in [-0.05, 0) is 12.8 Å². The third-order valence-corrected chi connectivity index (χ3v) is 9.11. The van der Waals surface area contributed by atoms with Crippen LogP contribution in [0.25, 0.3) is 0 Å². The molecule has 0 aromatic carbocycles. The van der Waals surface area contributed by atoms with Crippen molar-refractivity contribution in [3.8, 4) is 0 Å². The first-order valence-corrected chi connectivity index (χ1v) is 18.7. The molecule has 0 bridgehead atoms. The highest BCUT2D eigenvalue weighted by molar-refractivity contribution is 5.83. The first kappa shape index (κ1) is 37.5. The minimum atomic E-state index is -0.183. The second-order valence-electron chi connectivity index (χ2n) is 13.1. The molecule has 238 valence electrons. The molecule has 1 aliphatic rings. The van der Waals surface area contributed by atoms with Crippen LogP contribution >= 0.6 is 0 Å². The maximum atomic E-state index is 10.6. The number of amidine groups is 1. The van der Waals surface area contributed by atoms with Crippen LogP contribution in [0.2, 0.25) is 0 Å². The topological polar surface area (TPSA) is 35.8 Å². The molecule has 1 atom stereocenters. The van der Waals surface area contributed by atoms with Crippen molar-refractivity contribution in [2.45, 2.75) is 213 Å². The minimum Gasteiger partial charge on any atom is -0.391 e. The molecule has 0 saturated carbocycles. The van der Waals surface area contributed by atoms with Crippen molar-refractivity contribution in [3.63, 3.8) is 0 Å². The number of aliphatic hydroxyl groups excluding tert-OH is 1. The van der Waals surface area contributed by atoms with E-state index in [1.54, 1.807) is 0 Å². The average molecular weight is 563 g/mol. The van der Waals surface area contributed by atoms with Gasteiger partial charge in [-0.15, -0.1) is 0 Å². The molecule has 0 saturated heterocycles. The highest BCUT2D eigenvalue weighted by Gasteiger charge is 2.19. The first-order valence-electron chi connectivity index (χ1n) is 18.7. The van der Waals surface area contributed by atoms with Crippen LogP contribution in [0.3, 0.4) is 0 Å². The van der Waals surface area contributed by atoms with E-state index in [1.165, 1.54) is 186 Å². The number of hydrogen-bond donors (Lipinski definition) is 1. The lowest BCUT2D eigenvalue weighted by Gasteiger charge is -2.23. The lowest BCUT2D eigenvalue weighted by molar-refractivity contribution is 0.133. The Labute approximate surface area is 252 Å². The van der Waals surface area contributed by atoms with Crippen LogP contribution in [0.15, 0.2) is 4.99 Å². The number of unbranched alkanes of at least 4 members (excludes halogenated alkanes) is 26. The summed E-state index contributed by atoms with van der Waals surface area (Å²) in [6.07, 6.45) is 41.1. The van der Waals surface area contributed by atoms with Gasteiger partial charge in [0.25, 0.3) is 0 Å². The molecule has 0 spiro atoms. The van der Waals surface area contributed by atoms with E-state index in [0.29, 0.717) is 0 Å². The Morgan fingerprint density at radius 2 is 0.875 bits per heavy atom. The van der Waals surface area contributed by atoms with Gasteiger partial charge >= 0.3 is 0 Å². The highest BCUT2D eigenvalue weighted by atomic mass is 16.3. The molecule has 3 nitrogen and oxygen atoms in total. The van der Waals surface area contributed by atoms with Gasteiger partial charge in [-0.25, -0.2) is 0 Å². The molecule has 0 radical (unpaired) electrons. The zero-order chi connectivity index (χ0) is 28.8. The zero-order valence-corrected chi connectivity index (χ0v) is 27.8. The van der Waals surface area contributed by atoms with E-state index < -0.39 is 0 Å². The fourth-order valence-electron chi connectivity index (χ4n) is 6.36. The van der Waals surface area contributed by atoms with E-state index in [1.807, 2.05) is 0 Å². The van der Waals surface area contributed by atoms with E-state index >= 15 is 0 Å². The Hall–Kier alpha value is -0.570. The number of aliphatic hydroxyl groups is 1. The zero-order valence-electron chi connectivity index (χ0n) is 27.8. The van der Waals surface area contributed by atoms with Gasteiger partial charge in [0.1, 0.15) is 0 Å². The van der Waals surface area contributed by atoms with Crippen molar-refractivity contribution in [2.75, 3.05) is 19.6 Å². The lowest BCUT2D eigenvalue weighted by atomic mass is 10.0. The molecule has 1 heterocycles. The molecule has 0 aromatic heterocycles. The van der Waals surface area contributed by atoms with Crippen LogP contribution in [-0.4, -0.2) is 41.6 Å². The summed E-state index contributed by atoms with van der Waals surface area (Å²) in [5.74, 6) is 1.28. The Morgan fingerprint density at radius 3 is 1.27 bits per heavy atom. The molecule has 0 aromatic rings. The van der Waals surface area contributed by atoms with Gasteiger partial charge in [0.05, 0.1) is 18.5 Å². The monoisotopic (exact) mass is 563 g/mol. The predicted molar refractivity (Wildman–Crippen MR) is 180 cm³/mol. The largest absolute Gasteiger partial charge is 0.391 e. The second kappa shape index (κ2) is 29.9. The molecule has 1 N–H and O–H groups in total. The van der Waals surface area contributed by atoms with E-state index in [4.69, 9.17) is 4.99 Å².